The quantitative estimate of drug-likeness (QED) is 0.165. The van der Waals surface area contributed by atoms with Crippen molar-refractivity contribution in [1.82, 2.24) is 0 Å². The molecule has 0 atom stereocenters. The molecule has 6 aromatic carbocycles. The molecule has 4 heteroatoms. The standard InChI is InChI=1S/C67H79BN2O/c1-40-33-55-58-56(34-40)70(53-27-22-43(62(5,6)7)36-46(53)41-19-26-48-49(35-41)65(13,14)30-29-64(48,11)12)59-47-38-50-51(67(17,18)32-31-66(50,15)16)39-57(47)71-60(59)68(58)52-37-44(63(8,9)10)23-28-54(52)69(55)45-24-20-42(21-25-45)61(2,3)4/h19-28,33-39H,29-32H2,1-18H3. The van der Waals surface area contributed by atoms with Crippen molar-refractivity contribution in [1.29, 1.82) is 0 Å². The summed E-state index contributed by atoms with van der Waals surface area (Å²) < 4.78 is 7.71. The topological polar surface area (TPSA) is 19.6 Å². The van der Waals surface area contributed by atoms with Crippen LogP contribution >= 0.6 is 0 Å². The highest BCUT2D eigenvalue weighted by atomic mass is 16.3. The number of anilines is 6. The Morgan fingerprint density at radius 2 is 0.958 bits per heavy atom. The second-order valence-electron chi connectivity index (χ2n) is 28.1. The molecule has 0 saturated carbocycles. The molecule has 0 saturated heterocycles. The lowest BCUT2D eigenvalue weighted by atomic mass is 9.35. The van der Waals surface area contributed by atoms with Crippen LogP contribution in [-0.2, 0) is 37.9 Å². The average molecular weight is 939 g/mol. The van der Waals surface area contributed by atoms with Crippen molar-refractivity contribution in [3.05, 3.63) is 148 Å². The zero-order valence-corrected chi connectivity index (χ0v) is 46.5. The van der Waals surface area contributed by atoms with E-state index in [-0.39, 0.29) is 44.6 Å². The maximum Gasteiger partial charge on any atom is 0.297 e. The van der Waals surface area contributed by atoms with Crippen LogP contribution in [0, 0.1) is 6.92 Å². The van der Waals surface area contributed by atoms with Crippen molar-refractivity contribution in [2.75, 3.05) is 9.80 Å². The van der Waals surface area contributed by atoms with E-state index in [1.165, 1.54) is 119 Å². The van der Waals surface area contributed by atoms with Crippen molar-refractivity contribution in [3.8, 4) is 11.1 Å². The number of furan rings is 1. The molecular weight excluding hydrogens is 860 g/mol. The summed E-state index contributed by atoms with van der Waals surface area (Å²) >= 11 is 0. The Morgan fingerprint density at radius 3 is 1.54 bits per heavy atom. The zero-order chi connectivity index (χ0) is 50.9. The van der Waals surface area contributed by atoms with Gasteiger partial charge in [-0.15, -0.1) is 0 Å². The maximum absolute atomic E-state index is 7.71. The van der Waals surface area contributed by atoms with E-state index in [9.17, 15) is 0 Å². The predicted octanol–water partition coefficient (Wildman–Crippen LogP) is 17.1. The number of hydrogen-bond acceptors (Lipinski definition) is 3. The van der Waals surface area contributed by atoms with Gasteiger partial charge in [-0.3, -0.25) is 0 Å². The molecule has 3 nitrogen and oxygen atoms in total. The molecule has 11 rings (SSSR count). The molecule has 0 unspecified atom stereocenters. The first-order valence-electron chi connectivity index (χ1n) is 26.9. The van der Waals surface area contributed by atoms with Crippen LogP contribution in [0.25, 0.3) is 22.1 Å². The van der Waals surface area contributed by atoms with Gasteiger partial charge in [-0.05, 0) is 186 Å². The highest BCUT2D eigenvalue weighted by Crippen LogP contribution is 2.54. The monoisotopic (exact) mass is 939 g/mol. The number of aryl methyl sites for hydroxylation is 1. The molecule has 71 heavy (non-hydrogen) atoms. The van der Waals surface area contributed by atoms with E-state index in [2.05, 4.69) is 238 Å². The van der Waals surface area contributed by atoms with Crippen LogP contribution in [0.3, 0.4) is 0 Å². The van der Waals surface area contributed by atoms with E-state index in [1.54, 1.807) is 0 Å². The summed E-state index contributed by atoms with van der Waals surface area (Å²) in [5.41, 5.74) is 25.6. The third kappa shape index (κ3) is 7.49. The molecular formula is C67H79BN2O. The molecule has 0 N–H and O–H groups in total. The van der Waals surface area contributed by atoms with Crippen molar-refractivity contribution >= 4 is 68.4 Å². The van der Waals surface area contributed by atoms with Crippen LogP contribution in [0.4, 0.5) is 34.1 Å². The lowest BCUT2D eigenvalue weighted by Crippen LogP contribution is -2.61. The fraction of sp³-hybridized carbons (Fsp3) is 0.433. The normalized spacial score (nSPS) is 18.4. The Hall–Kier alpha value is -5.48. The summed E-state index contributed by atoms with van der Waals surface area (Å²) in [7, 11) is 0. The summed E-state index contributed by atoms with van der Waals surface area (Å²) in [6, 6.07) is 41.5. The van der Waals surface area contributed by atoms with Crippen LogP contribution < -0.4 is 26.4 Å². The smallest absolute Gasteiger partial charge is 0.297 e. The van der Waals surface area contributed by atoms with Gasteiger partial charge in [-0.2, -0.15) is 0 Å². The number of hydrogen-bond donors (Lipinski definition) is 0. The van der Waals surface area contributed by atoms with Gasteiger partial charge < -0.3 is 14.2 Å². The van der Waals surface area contributed by atoms with Crippen LogP contribution in [0.1, 0.15) is 188 Å². The molecule has 2 aliphatic heterocycles. The lowest BCUT2D eigenvalue weighted by molar-refractivity contribution is 0.332. The summed E-state index contributed by atoms with van der Waals surface area (Å²) in [6.07, 6.45) is 4.66. The summed E-state index contributed by atoms with van der Waals surface area (Å²) in [5, 5.41) is 1.20. The molecule has 0 bridgehead atoms. The second kappa shape index (κ2) is 15.3. The third-order valence-electron chi connectivity index (χ3n) is 17.9. The van der Waals surface area contributed by atoms with Gasteiger partial charge in [-0.1, -0.05) is 166 Å². The van der Waals surface area contributed by atoms with Gasteiger partial charge in [-0.25, -0.2) is 0 Å². The molecule has 4 aliphatic rings. The first-order chi connectivity index (χ1) is 33.0. The largest absolute Gasteiger partial charge is 0.468 e. The van der Waals surface area contributed by atoms with Gasteiger partial charge in [0.15, 0.2) is 0 Å². The van der Waals surface area contributed by atoms with Crippen molar-refractivity contribution < 1.29 is 4.42 Å². The molecule has 0 fully saturated rings. The molecule has 0 spiro atoms. The van der Waals surface area contributed by atoms with Crippen molar-refractivity contribution in [2.24, 2.45) is 0 Å². The molecule has 0 amide bonds. The minimum Gasteiger partial charge on any atom is -0.468 e. The van der Waals surface area contributed by atoms with E-state index in [0.717, 1.165) is 24.1 Å². The minimum absolute atomic E-state index is 0.0235. The summed E-state index contributed by atoms with van der Waals surface area (Å²) in [5.74, 6) is 0. The Morgan fingerprint density at radius 1 is 0.465 bits per heavy atom. The van der Waals surface area contributed by atoms with E-state index >= 15 is 0 Å². The lowest BCUT2D eigenvalue weighted by Gasteiger charge is -2.44. The van der Waals surface area contributed by atoms with Crippen LogP contribution in [-0.4, -0.2) is 6.71 Å². The number of rotatable bonds is 3. The number of fused-ring (bicyclic) bond motifs is 8. The van der Waals surface area contributed by atoms with Gasteiger partial charge in [0.25, 0.3) is 6.71 Å². The van der Waals surface area contributed by atoms with Gasteiger partial charge in [0.2, 0.25) is 0 Å². The fourth-order valence-electron chi connectivity index (χ4n) is 13.0. The van der Waals surface area contributed by atoms with Gasteiger partial charge in [0.1, 0.15) is 5.58 Å². The van der Waals surface area contributed by atoms with E-state index < -0.39 is 0 Å². The Kier molecular flexibility index (Phi) is 10.3. The zero-order valence-electron chi connectivity index (χ0n) is 46.5. The fourth-order valence-corrected chi connectivity index (χ4v) is 13.0. The molecule has 7 aromatic rings. The van der Waals surface area contributed by atoms with Crippen molar-refractivity contribution in [2.45, 2.75) is 188 Å². The molecule has 3 heterocycles. The van der Waals surface area contributed by atoms with Gasteiger partial charge >= 0.3 is 0 Å². The number of nitrogens with zero attached hydrogens (tertiary/aromatic N) is 2. The Bertz CT molecular complexity index is 3330. The van der Waals surface area contributed by atoms with Crippen LogP contribution in [0.15, 0.2) is 108 Å². The van der Waals surface area contributed by atoms with Crippen molar-refractivity contribution in [3.63, 3.8) is 0 Å². The minimum atomic E-state index is -0.135. The number of benzene rings is 6. The highest BCUT2D eigenvalue weighted by Gasteiger charge is 2.49. The third-order valence-corrected chi connectivity index (χ3v) is 17.9. The second-order valence-corrected chi connectivity index (χ2v) is 28.1. The predicted molar refractivity (Wildman–Crippen MR) is 307 cm³/mol. The Labute approximate surface area is 427 Å². The first-order valence-corrected chi connectivity index (χ1v) is 26.9. The maximum atomic E-state index is 7.71. The van der Waals surface area contributed by atoms with Gasteiger partial charge in [0, 0.05) is 33.7 Å². The molecule has 2 aliphatic carbocycles. The summed E-state index contributed by atoms with van der Waals surface area (Å²) in [4.78, 5) is 5.22. The molecule has 366 valence electrons. The van der Waals surface area contributed by atoms with E-state index in [0.29, 0.717) is 0 Å². The van der Waals surface area contributed by atoms with Crippen LogP contribution in [0.5, 0.6) is 0 Å². The summed E-state index contributed by atoms with van der Waals surface area (Å²) in [6.45, 7) is 42.8. The first kappa shape index (κ1) is 47.8. The van der Waals surface area contributed by atoms with E-state index in [4.69, 9.17) is 4.42 Å². The van der Waals surface area contributed by atoms with E-state index in [1.807, 2.05) is 0 Å². The average Bonchev–Trinajstić information content (AvgIpc) is 3.66. The molecule has 0 radical (unpaired) electrons. The SMILES string of the molecule is Cc1cc2c3c(c1)N(c1ccc(C(C)(C)C)cc1-c1ccc4c(c1)C(C)(C)CCC4(C)C)c1c(oc4cc5c(cc14)C(C)(C)CCC5(C)C)B3c1cc(C(C)(C)C)ccc1N2c1ccc(C(C)(C)C)cc1. The Balaban J connectivity index is 1.27. The highest BCUT2D eigenvalue weighted by molar-refractivity contribution is 7.00. The van der Waals surface area contributed by atoms with Gasteiger partial charge in [0.05, 0.1) is 17.0 Å². The van der Waals surface area contributed by atoms with Crippen LogP contribution in [0.2, 0.25) is 0 Å². The molecule has 1 aromatic heterocycles.